The number of rotatable bonds is 6. The van der Waals surface area contributed by atoms with Crippen LogP contribution in [0.1, 0.15) is 11.3 Å². The molecular weight excluding hydrogens is 314 g/mol. The van der Waals surface area contributed by atoms with E-state index in [1.807, 2.05) is 31.2 Å². The van der Waals surface area contributed by atoms with E-state index in [-0.39, 0.29) is 18.3 Å². The van der Waals surface area contributed by atoms with Crippen LogP contribution in [0.5, 0.6) is 0 Å². The number of benzene rings is 1. The molecule has 0 spiro atoms. The SMILES string of the molecule is Cc1ccccc1SCC(=O)OCc1cc(-c2ccco2)on1. The van der Waals surface area contributed by atoms with Gasteiger partial charge in [0.2, 0.25) is 5.76 Å². The molecule has 0 fully saturated rings. The predicted octanol–water partition coefficient (Wildman–Crippen LogP) is 4.08. The Balaban J connectivity index is 1.49. The first-order valence-corrected chi connectivity index (χ1v) is 8.04. The Morgan fingerprint density at radius 1 is 1.22 bits per heavy atom. The lowest BCUT2D eigenvalue weighted by molar-refractivity contribution is -0.141. The van der Waals surface area contributed by atoms with Crippen molar-refractivity contribution in [1.29, 1.82) is 0 Å². The molecule has 118 valence electrons. The summed E-state index contributed by atoms with van der Waals surface area (Å²) in [5, 5.41) is 3.86. The number of aryl methyl sites for hydroxylation is 1. The van der Waals surface area contributed by atoms with Gasteiger partial charge in [-0.05, 0) is 30.7 Å². The van der Waals surface area contributed by atoms with Crippen molar-refractivity contribution in [3.63, 3.8) is 0 Å². The standard InChI is InChI=1S/C17H15NO4S/c1-12-5-2-3-7-16(12)23-11-17(19)21-10-13-9-15(22-18-13)14-6-4-8-20-14/h2-9H,10-11H2,1H3. The number of furan rings is 1. The molecule has 0 aliphatic heterocycles. The number of ether oxygens (including phenoxy) is 1. The number of hydrogen-bond acceptors (Lipinski definition) is 6. The smallest absolute Gasteiger partial charge is 0.316 e. The van der Waals surface area contributed by atoms with Crippen LogP contribution in [0.3, 0.4) is 0 Å². The van der Waals surface area contributed by atoms with Gasteiger partial charge < -0.3 is 13.7 Å². The van der Waals surface area contributed by atoms with Crippen molar-refractivity contribution >= 4 is 17.7 Å². The number of carbonyl (C=O) groups is 1. The first-order valence-electron chi connectivity index (χ1n) is 7.06. The fourth-order valence-electron chi connectivity index (χ4n) is 1.97. The molecular formula is C17H15NO4S. The van der Waals surface area contributed by atoms with Gasteiger partial charge in [-0.15, -0.1) is 11.8 Å². The summed E-state index contributed by atoms with van der Waals surface area (Å²) in [6, 6.07) is 13.2. The van der Waals surface area contributed by atoms with E-state index in [0.717, 1.165) is 10.5 Å². The van der Waals surface area contributed by atoms with E-state index in [1.165, 1.54) is 11.8 Å². The van der Waals surface area contributed by atoms with Crippen LogP contribution in [0.15, 0.2) is 62.6 Å². The third kappa shape index (κ3) is 4.04. The van der Waals surface area contributed by atoms with Gasteiger partial charge in [0.25, 0.3) is 0 Å². The van der Waals surface area contributed by atoms with E-state index in [4.69, 9.17) is 13.7 Å². The number of aromatic nitrogens is 1. The molecule has 0 aliphatic rings. The van der Waals surface area contributed by atoms with Crippen molar-refractivity contribution in [2.45, 2.75) is 18.4 Å². The van der Waals surface area contributed by atoms with Gasteiger partial charge in [0.1, 0.15) is 12.3 Å². The van der Waals surface area contributed by atoms with E-state index < -0.39 is 0 Å². The first-order chi connectivity index (χ1) is 11.2. The van der Waals surface area contributed by atoms with Crippen LogP contribution in [0, 0.1) is 6.92 Å². The van der Waals surface area contributed by atoms with E-state index in [2.05, 4.69) is 5.16 Å². The highest BCUT2D eigenvalue weighted by Crippen LogP contribution is 2.23. The highest BCUT2D eigenvalue weighted by atomic mass is 32.2. The zero-order valence-corrected chi connectivity index (χ0v) is 13.3. The second-order valence-corrected chi connectivity index (χ2v) is 5.89. The number of nitrogens with zero attached hydrogens (tertiary/aromatic N) is 1. The monoisotopic (exact) mass is 329 g/mol. The normalized spacial score (nSPS) is 10.7. The Labute approximate surface area is 137 Å². The van der Waals surface area contributed by atoms with Crippen molar-refractivity contribution in [3.8, 4) is 11.5 Å². The van der Waals surface area contributed by atoms with Crippen LogP contribution in [0.25, 0.3) is 11.5 Å². The van der Waals surface area contributed by atoms with Crippen molar-refractivity contribution < 1.29 is 18.5 Å². The summed E-state index contributed by atoms with van der Waals surface area (Å²) in [5.74, 6) is 1.06. The van der Waals surface area contributed by atoms with Gasteiger partial charge in [0, 0.05) is 11.0 Å². The number of thioether (sulfide) groups is 1. The lowest BCUT2D eigenvalue weighted by Gasteiger charge is -2.05. The van der Waals surface area contributed by atoms with E-state index in [9.17, 15) is 4.79 Å². The molecule has 23 heavy (non-hydrogen) atoms. The maximum absolute atomic E-state index is 11.8. The number of carbonyl (C=O) groups excluding carboxylic acids is 1. The zero-order valence-electron chi connectivity index (χ0n) is 12.5. The minimum absolute atomic E-state index is 0.0807. The van der Waals surface area contributed by atoms with Gasteiger partial charge in [-0.25, -0.2) is 0 Å². The van der Waals surface area contributed by atoms with E-state index in [1.54, 1.807) is 24.5 Å². The summed E-state index contributed by atoms with van der Waals surface area (Å²) < 4.78 is 15.6. The molecule has 3 rings (SSSR count). The summed E-state index contributed by atoms with van der Waals surface area (Å²) >= 11 is 1.46. The molecule has 6 heteroatoms. The summed E-state index contributed by atoms with van der Waals surface area (Å²) in [7, 11) is 0. The average molecular weight is 329 g/mol. The zero-order chi connectivity index (χ0) is 16.1. The Bertz CT molecular complexity index is 780. The van der Waals surface area contributed by atoms with Crippen molar-refractivity contribution in [2.24, 2.45) is 0 Å². The topological polar surface area (TPSA) is 65.5 Å². The fraction of sp³-hybridized carbons (Fsp3) is 0.176. The second kappa shape index (κ2) is 7.19. The first kappa shape index (κ1) is 15.4. The van der Waals surface area contributed by atoms with E-state index >= 15 is 0 Å². The fourth-order valence-corrected chi connectivity index (χ4v) is 2.79. The van der Waals surface area contributed by atoms with Crippen LogP contribution in [0.2, 0.25) is 0 Å². The minimum atomic E-state index is -0.291. The van der Waals surface area contributed by atoms with Crippen molar-refractivity contribution in [1.82, 2.24) is 5.16 Å². The predicted molar refractivity (Wildman–Crippen MR) is 85.9 cm³/mol. The largest absolute Gasteiger partial charge is 0.461 e. The second-order valence-electron chi connectivity index (χ2n) is 4.87. The lowest BCUT2D eigenvalue weighted by Crippen LogP contribution is -2.07. The van der Waals surface area contributed by atoms with Crippen LogP contribution in [-0.2, 0) is 16.1 Å². The third-order valence-corrected chi connectivity index (χ3v) is 4.29. The molecule has 0 saturated heterocycles. The van der Waals surface area contributed by atoms with Gasteiger partial charge in [-0.3, -0.25) is 4.79 Å². The maximum Gasteiger partial charge on any atom is 0.316 e. The molecule has 2 heterocycles. The highest BCUT2D eigenvalue weighted by Gasteiger charge is 2.11. The Morgan fingerprint density at radius 2 is 2.09 bits per heavy atom. The minimum Gasteiger partial charge on any atom is -0.461 e. The number of hydrogen-bond donors (Lipinski definition) is 0. The highest BCUT2D eigenvalue weighted by molar-refractivity contribution is 8.00. The Hall–Kier alpha value is -2.47. The molecule has 0 radical (unpaired) electrons. The molecule has 3 aromatic rings. The van der Waals surface area contributed by atoms with E-state index in [0.29, 0.717) is 17.2 Å². The molecule has 0 aliphatic carbocycles. The summed E-state index contributed by atoms with van der Waals surface area (Å²) in [6.45, 7) is 2.09. The van der Waals surface area contributed by atoms with Crippen LogP contribution in [0.4, 0.5) is 0 Å². The Morgan fingerprint density at radius 3 is 2.87 bits per heavy atom. The van der Waals surface area contributed by atoms with Gasteiger partial charge in [0.15, 0.2) is 5.76 Å². The summed E-state index contributed by atoms with van der Waals surface area (Å²) in [6.07, 6.45) is 1.56. The molecule has 0 saturated carbocycles. The summed E-state index contributed by atoms with van der Waals surface area (Å²) in [5.41, 5.74) is 1.69. The van der Waals surface area contributed by atoms with Crippen LogP contribution in [-0.4, -0.2) is 16.9 Å². The lowest BCUT2D eigenvalue weighted by atomic mass is 10.2. The van der Waals surface area contributed by atoms with Gasteiger partial charge in [-0.1, -0.05) is 23.4 Å². The Kier molecular flexibility index (Phi) is 4.83. The van der Waals surface area contributed by atoms with Crippen LogP contribution < -0.4 is 0 Å². The molecule has 0 unspecified atom stereocenters. The quantitative estimate of drug-likeness (QED) is 0.501. The maximum atomic E-state index is 11.8. The molecule has 2 aromatic heterocycles. The van der Waals surface area contributed by atoms with Crippen molar-refractivity contribution in [3.05, 3.63) is 60.0 Å². The van der Waals surface area contributed by atoms with Gasteiger partial charge in [-0.2, -0.15) is 0 Å². The molecule has 0 atom stereocenters. The molecule has 5 nitrogen and oxygen atoms in total. The van der Waals surface area contributed by atoms with Crippen molar-refractivity contribution in [2.75, 3.05) is 5.75 Å². The molecule has 0 amide bonds. The third-order valence-electron chi connectivity index (χ3n) is 3.14. The average Bonchev–Trinajstić information content (AvgIpc) is 3.23. The van der Waals surface area contributed by atoms with Gasteiger partial charge >= 0.3 is 5.97 Å². The summed E-state index contributed by atoms with van der Waals surface area (Å²) in [4.78, 5) is 12.9. The van der Waals surface area contributed by atoms with Crippen LogP contribution >= 0.6 is 11.8 Å². The molecule has 0 bridgehead atoms. The molecule has 0 N–H and O–H groups in total. The molecule has 1 aromatic carbocycles. The number of esters is 1. The van der Waals surface area contributed by atoms with Gasteiger partial charge in [0.05, 0.1) is 12.0 Å².